The Morgan fingerprint density at radius 1 is 0.902 bits per heavy atom. The third-order valence-electron chi connectivity index (χ3n) is 7.41. The summed E-state index contributed by atoms with van der Waals surface area (Å²) < 4.78 is 1.62. The highest BCUT2D eigenvalue weighted by Crippen LogP contribution is 2.29. The normalized spacial score (nSPS) is 11.8. The summed E-state index contributed by atoms with van der Waals surface area (Å²) in [5, 5.41) is 4.25. The zero-order valence-corrected chi connectivity index (χ0v) is 24.2. The summed E-state index contributed by atoms with van der Waals surface area (Å²) in [6.07, 6.45) is 1.20. The molecule has 0 aliphatic rings. The van der Waals surface area contributed by atoms with Crippen LogP contribution in [0.4, 0.5) is 10.5 Å². The van der Waals surface area contributed by atoms with Crippen LogP contribution in [-0.2, 0) is 6.42 Å². The minimum Gasteiger partial charge on any atom is -0.314 e. The quantitative estimate of drug-likeness (QED) is 0.208. The lowest BCUT2D eigenvalue weighted by atomic mass is 10.1. The van der Waals surface area contributed by atoms with Gasteiger partial charge in [0.1, 0.15) is 5.82 Å². The first-order chi connectivity index (χ1) is 19.9. The molecule has 2 amide bonds. The number of para-hydroxylation sites is 2. The standard InChI is InChI=1S/C34H33ClN4O2/c1-4-30(32-36-29-16-9-8-15-28(29)33(40)39(32)27-19-17-26(35)18-20-27)38(22-21-25-13-6-5-7-14-25)34(41)37-31-23(2)11-10-12-24(31)3/h5-20,30H,4,21-22H2,1-3H3,(H,37,41). The van der Waals surface area contributed by atoms with Crippen molar-refractivity contribution in [1.82, 2.24) is 14.5 Å². The van der Waals surface area contributed by atoms with E-state index in [1.807, 2.05) is 92.4 Å². The predicted molar refractivity (Wildman–Crippen MR) is 167 cm³/mol. The average molecular weight is 565 g/mol. The van der Waals surface area contributed by atoms with Crippen molar-refractivity contribution in [2.45, 2.75) is 39.7 Å². The second-order valence-corrected chi connectivity index (χ2v) is 10.6. The third-order valence-corrected chi connectivity index (χ3v) is 7.66. The topological polar surface area (TPSA) is 67.2 Å². The fourth-order valence-electron chi connectivity index (χ4n) is 5.24. The van der Waals surface area contributed by atoms with E-state index in [-0.39, 0.29) is 11.6 Å². The van der Waals surface area contributed by atoms with Gasteiger partial charge in [-0.15, -0.1) is 0 Å². The van der Waals surface area contributed by atoms with Gasteiger partial charge in [-0.3, -0.25) is 9.36 Å². The van der Waals surface area contributed by atoms with E-state index in [1.165, 1.54) is 0 Å². The van der Waals surface area contributed by atoms with Gasteiger partial charge in [0, 0.05) is 17.3 Å². The van der Waals surface area contributed by atoms with Crippen LogP contribution in [0.5, 0.6) is 0 Å². The number of halogens is 1. The molecule has 7 heteroatoms. The van der Waals surface area contributed by atoms with Crippen LogP contribution in [0.2, 0.25) is 5.02 Å². The average Bonchev–Trinajstić information content (AvgIpc) is 2.98. The van der Waals surface area contributed by atoms with Crippen LogP contribution in [0.25, 0.3) is 16.6 Å². The second-order valence-electron chi connectivity index (χ2n) is 10.2. The first kappa shape index (κ1) is 28.1. The highest BCUT2D eigenvalue weighted by atomic mass is 35.5. The monoisotopic (exact) mass is 564 g/mol. The molecule has 0 spiro atoms. The minimum absolute atomic E-state index is 0.190. The Hall–Kier alpha value is -4.42. The number of amides is 2. The van der Waals surface area contributed by atoms with Crippen molar-refractivity contribution in [2.75, 3.05) is 11.9 Å². The molecule has 5 aromatic rings. The Morgan fingerprint density at radius 3 is 2.24 bits per heavy atom. The molecule has 0 saturated heterocycles. The molecule has 0 saturated carbocycles. The van der Waals surface area contributed by atoms with Gasteiger partial charge in [-0.25, -0.2) is 9.78 Å². The number of benzene rings is 4. The molecule has 41 heavy (non-hydrogen) atoms. The van der Waals surface area contributed by atoms with E-state index in [1.54, 1.807) is 22.8 Å². The molecule has 1 heterocycles. The number of nitrogens with one attached hydrogen (secondary N) is 1. The molecule has 1 aromatic heterocycles. The van der Waals surface area contributed by atoms with Crippen LogP contribution in [0, 0.1) is 13.8 Å². The smallest absolute Gasteiger partial charge is 0.314 e. The van der Waals surface area contributed by atoms with Gasteiger partial charge in [-0.1, -0.05) is 79.2 Å². The number of nitrogens with zero attached hydrogens (tertiary/aromatic N) is 3. The molecule has 1 N–H and O–H groups in total. The summed E-state index contributed by atoms with van der Waals surface area (Å²) in [6, 6.07) is 29.7. The lowest BCUT2D eigenvalue weighted by molar-refractivity contribution is 0.182. The number of hydrogen-bond acceptors (Lipinski definition) is 3. The van der Waals surface area contributed by atoms with Crippen molar-refractivity contribution in [3.05, 3.63) is 135 Å². The van der Waals surface area contributed by atoms with Gasteiger partial charge < -0.3 is 10.2 Å². The fourth-order valence-corrected chi connectivity index (χ4v) is 5.36. The van der Waals surface area contributed by atoms with Crippen molar-refractivity contribution >= 4 is 34.2 Å². The molecule has 0 radical (unpaired) electrons. The maximum atomic E-state index is 14.1. The van der Waals surface area contributed by atoms with Crippen molar-refractivity contribution in [3.63, 3.8) is 0 Å². The van der Waals surface area contributed by atoms with Crippen LogP contribution in [0.3, 0.4) is 0 Å². The highest BCUT2D eigenvalue weighted by molar-refractivity contribution is 6.30. The van der Waals surface area contributed by atoms with E-state index in [0.29, 0.717) is 46.8 Å². The van der Waals surface area contributed by atoms with Crippen molar-refractivity contribution in [2.24, 2.45) is 0 Å². The van der Waals surface area contributed by atoms with E-state index in [9.17, 15) is 9.59 Å². The van der Waals surface area contributed by atoms with Crippen LogP contribution >= 0.6 is 11.6 Å². The highest BCUT2D eigenvalue weighted by Gasteiger charge is 2.29. The van der Waals surface area contributed by atoms with Gasteiger partial charge in [0.2, 0.25) is 0 Å². The molecule has 0 fully saturated rings. The number of urea groups is 1. The molecule has 5 rings (SSSR count). The number of anilines is 1. The van der Waals surface area contributed by atoms with Gasteiger partial charge in [0.25, 0.3) is 5.56 Å². The zero-order valence-electron chi connectivity index (χ0n) is 23.5. The molecule has 0 aliphatic carbocycles. The van der Waals surface area contributed by atoms with E-state index in [4.69, 9.17) is 16.6 Å². The minimum atomic E-state index is -0.490. The second kappa shape index (κ2) is 12.4. The summed E-state index contributed by atoms with van der Waals surface area (Å²) in [5.74, 6) is 0.503. The van der Waals surface area contributed by atoms with E-state index in [2.05, 4.69) is 17.4 Å². The molecule has 4 aromatic carbocycles. The molecule has 0 bridgehead atoms. The van der Waals surface area contributed by atoms with Crippen LogP contribution in [-0.4, -0.2) is 27.0 Å². The Bertz CT molecular complexity index is 1710. The van der Waals surface area contributed by atoms with Gasteiger partial charge in [0.05, 0.1) is 22.6 Å². The number of aryl methyl sites for hydroxylation is 2. The zero-order chi connectivity index (χ0) is 28.9. The molecular weight excluding hydrogens is 532 g/mol. The number of rotatable bonds is 8. The molecule has 1 unspecified atom stereocenters. The van der Waals surface area contributed by atoms with Crippen LogP contribution in [0.15, 0.2) is 102 Å². The lowest BCUT2D eigenvalue weighted by Crippen LogP contribution is -2.42. The maximum absolute atomic E-state index is 14.1. The molecule has 1 atom stereocenters. The molecule has 6 nitrogen and oxygen atoms in total. The molecule has 208 valence electrons. The Labute approximate surface area is 245 Å². The Kier molecular flexibility index (Phi) is 8.50. The number of aromatic nitrogens is 2. The first-order valence-corrected chi connectivity index (χ1v) is 14.2. The summed E-state index contributed by atoms with van der Waals surface area (Å²) >= 11 is 6.19. The van der Waals surface area contributed by atoms with E-state index in [0.717, 1.165) is 22.4 Å². The van der Waals surface area contributed by atoms with Crippen LogP contribution < -0.4 is 10.9 Å². The maximum Gasteiger partial charge on any atom is 0.322 e. The summed E-state index contributed by atoms with van der Waals surface area (Å²) in [5.41, 5.74) is 4.92. The molecular formula is C34H33ClN4O2. The summed E-state index contributed by atoms with van der Waals surface area (Å²) in [4.78, 5) is 34.9. The third kappa shape index (κ3) is 6.03. The van der Waals surface area contributed by atoms with Gasteiger partial charge in [-0.05, 0) is 79.8 Å². The predicted octanol–water partition coefficient (Wildman–Crippen LogP) is 7.88. The first-order valence-electron chi connectivity index (χ1n) is 13.8. The van der Waals surface area contributed by atoms with E-state index < -0.39 is 6.04 Å². The summed E-state index contributed by atoms with van der Waals surface area (Å²) in [7, 11) is 0. The molecule has 0 aliphatic heterocycles. The summed E-state index contributed by atoms with van der Waals surface area (Å²) in [6.45, 7) is 6.41. The number of hydrogen-bond donors (Lipinski definition) is 1. The number of fused-ring (bicyclic) bond motifs is 1. The van der Waals surface area contributed by atoms with Gasteiger partial charge in [0.15, 0.2) is 0 Å². The van der Waals surface area contributed by atoms with Gasteiger partial charge >= 0.3 is 6.03 Å². The lowest BCUT2D eigenvalue weighted by Gasteiger charge is -2.33. The van der Waals surface area contributed by atoms with Gasteiger partial charge in [-0.2, -0.15) is 0 Å². The Balaban J connectivity index is 1.65. The van der Waals surface area contributed by atoms with Crippen molar-refractivity contribution < 1.29 is 4.79 Å². The Morgan fingerprint density at radius 2 is 1.56 bits per heavy atom. The van der Waals surface area contributed by atoms with E-state index >= 15 is 0 Å². The largest absolute Gasteiger partial charge is 0.322 e. The van der Waals surface area contributed by atoms with Crippen molar-refractivity contribution in [3.8, 4) is 5.69 Å². The SMILES string of the molecule is CCC(c1nc2ccccc2c(=O)n1-c1ccc(Cl)cc1)N(CCc1ccccc1)C(=O)Nc1c(C)cccc1C. The number of carbonyl (C=O) groups is 1. The fraction of sp³-hybridized carbons (Fsp3) is 0.206. The van der Waals surface area contributed by atoms with Crippen LogP contribution in [0.1, 0.15) is 41.9 Å². The van der Waals surface area contributed by atoms with Crippen molar-refractivity contribution in [1.29, 1.82) is 0 Å². The number of carbonyl (C=O) groups excluding carboxylic acids is 1.